The van der Waals surface area contributed by atoms with Gasteiger partial charge in [0.25, 0.3) is 5.91 Å². The molecule has 4 rings (SSSR count). The van der Waals surface area contributed by atoms with Gasteiger partial charge in [-0.25, -0.2) is 4.98 Å². The van der Waals surface area contributed by atoms with Crippen LogP contribution in [-0.4, -0.2) is 28.7 Å². The van der Waals surface area contributed by atoms with Gasteiger partial charge in [-0.2, -0.15) is 13.2 Å². The smallest absolute Gasteiger partial charge is 0.381 e. The van der Waals surface area contributed by atoms with Crippen LogP contribution in [-0.2, 0) is 10.9 Å². The van der Waals surface area contributed by atoms with Crippen LogP contribution in [0.1, 0.15) is 40.5 Å². The minimum atomic E-state index is -4.52. The summed E-state index contributed by atoms with van der Waals surface area (Å²) in [5.41, 5.74) is 1.67. The Morgan fingerprint density at radius 3 is 2.62 bits per heavy atom. The SMILES string of the molecule is Cc1ccc2c(c1)c(C(=O)Nc1ccc(C(F)(F)F)nc1)cn2C1CCOCC1. The Hall–Kier alpha value is -2.87. The molecule has 1 aliphatic heterocycles. The first-order chi connectivity index (χ1) is 13.8. The monoisotopic (exact) mass is 403 g/mol. The summed E-state index contributed by atoms with van der Waals surface area (Å²) in [6.45, 7) is 3.30. The number of alkyl halides is 3. The summed E-state index contributed by atoms with van der Waals surface area (Å²) in [7, 11) is 0. The minimum Gasteiger partial charge on any atom is -0.381 e. The Labute approximate surface area is 165 Å². The molecule has 29 heavy (non-hydrogen) atoms. The fourth-order valence-corrected chi connectivity index (χ4v) is 3.65. The molecule has 0 bridgehead atoms. The van der Waals surface area contributed by atoms with E-state index in [-0.39, 0.29) is 17.6 Å². The van der Waals surface area contributed by atoms with Crippen LogP contribution in [0.4, 0.5) is 18.9 Å². The number of pyridine rings is 1. The summed E-state index contributed by atoms with van der Waals surface area (Å²) in [6, 6.07) is 8.24. The number of aryl methyl sites for hydroxylation is 1. The molecule has 2 aromatic heterocycles. The zero-order valence-electron chi connectivity index (χ0n) is 15.8. The standard InChI is InChI=1S/C21H20F3N3O2/c1-13-2-4-18-16(10-13)17(12-27(18)15-6-8-29-9-7-15)20(28)26-14-3-5-19(25-11-14)21(22,23)24/h2-5,10-12,15H,6-9H2,1H3,(H,26,28). The highest BCUT2D eigenvalue weighted by atomic mass is 19.4. The normalized spacial score (nSPS) is 15.6. The first-order valence-electron chi connectivity index (χ1n) is 9.36. The van der Waals surface area contributed by atoms with Crippen molar-refractivity contribution in [1.82, 2.24) is 9.55 Å². The molecule has 1 amide bonds. The minimum absolute atomic E-state index is 0.211. The fraction of sp³-hybridized carbons (Fsp3) is 0.333. The Bertz CT molecular complexity index is 1040. The number of benzene rings is 1. The molecule has 0 unspecified atom stereocenters. The number of carbonyl (C=O) groups excluding carboxylic acids is 1. The van der Waals surface area contributed by atoms with E-state index in [2.05, 4.69) is 14.9 Å². The van der Waals surface area contributed by atoms with E-state index in [1.165, 1.54) is 6.07 Å². The van der Waals surface area contributed by atoms with Crippen molar-refractivity contribution in [3.05, 3.63) is 59.5 Å². The van der Waals surface area contributed by atoms with Gasteiger partial charge in [-0.3, -0.25) is 4.79 Å². The van der Waals surface area contributed by atoms with Gasteiger partial charge in [-0.1, -0.05) is 11.6 Å². The number of fused-ring (bicyclic) bond motifs is 1. The molecular weight excluding hydrogens is 383 g/mol. The number of carbonyl (C=O) groups is 1. The topological polar surface area (TPSA) is 56.2 Å². The van der Waals surface area contributed by atoms with E-state index in [9.17, 15) is 18.0 Å². The molecule has 152 valence electrons. The molecule has 1 aliphatic rings. The van der Waals surface area contributed by atoms with E-state index >= 15 is 0 Å². The van der Waals surface area contributed by atoms with Gasteiger partial charge in [0.2, 0.25) is 0 Å². The molecule has 5 nitrogen and oxygen atoms in total. The Morgan fingerprint density at radius 2 is 1.97 bits per heavy atom. The molecule has 3 heterocycles. The van der Waals surface area contributed by atoms with Crippen LogP contribution in [0.15, 0.2) is 42.7 Å². The van der Waals surface area contributed by atoms with E-state index in [4.69, 9.17) is 4.74 Å². The number of anilines is 1. The quantitative estimate of drug-likeness (QED) is 0.672. The highest BCUT2D eigenvalue weighted by Crippen LogP contribution is 2.31. The molecule has 0 radical (unpaired) electrons. The number of nitrogens with one attached hydrogen (secondary N) is 1. The molecule has 1 aromatic carbocycles. The largest absolute Gasteiger partial charge is 0.433 e. The molecule has 1 fully saturated rings. The third kappa shape index (κ3) is 3.98. The van der Waals surface area contributed by atoms with Gasteiger partial charge >= 0.3 is 6.18 Å². The number of rotatable bonds is 3. The second kappa shape index (κ2) is 7.51. The maximum atomic E-state index is 12.9. The van der Waals surface area contributed by atoms with Crippen LogP contribution in [0.2, 0.25) is 0 Å². The molecule has 1 saturated heterocycles. The number of nitrogens with zero attached hydrogens (tertiary/aromatic N) is 2. The summed E-state index contributed by atoms with van der Waals surface area (Å²) in [4.78, 5) is 16.3. The highest BCUT2D eigenvalue weighted by Gasteiger charge is 2.32. The number of hydrogen-bond acceptors (Lipinski definition) is 3. The average Bonchev–Trinajstić information content (AvgIpc) is 3.07. The molecule has 0 saturated carbocycles. The molecule has 0 atom stereocenters. The van der Waals surface area contributed by atoms with Crippen molar-refractivity contribution in [1.29, 1.82) is 0 Å². The van der Waals surface area contributed by atoms with E-state index in [1.54, 1.807) is 0 Å². The molecule has 0 aliphatic carbocycles. The lowest BCUT2D eigenvalue weighted by atomic mass is 10.1. The van der Waals surface area contributed by atoms with Crippen LogP contribution in [0.25, 0.3) is 10.9 Å². The third-order valence-corrected chi connectivity index (χ3v) is 5.13. The van der Waals surface area contributed by atoms with Crippen molar-refractivity contribution >= 4 is 22.5 Å². The second-order valence-electron chi connectivity index (χ2n) is 7.20. The van der Waals surface area contributed by atoms with Crippen LogP contribution in [0.5, 0.6) is 0 Å². The maximum Gasteiger partial charge on any atom is 0.433 e. The Kier molecular flexibility index (Phi) is 5.04. The predicted molar refractivity (Wildman–Crippen MR) is 103 cm³/mol. The van der Waals surface area contributed by atoms with Crippen molar-refractivity contribution in [2.45, 2.75) is 32.0 Å². The Balaban J connectivity index is 1.65. The van der Waals surface area contributed by atoms with E-state index < -0.39 is 11.9 Å². The predicted octanol–water partition coefficient (Wildman–Crippen LogP) is 4.97. The molecule has 8 heteroatoms. The van der Waals surface area contributed by atoms with Gasteiger partial charge in [0.1, 0.15) is 5.69 Å². The third-order valence-electron chi connectivity index (χ3n) is 5.13. The van der Waals surface area contributed by atoms with Crippen molar-refractivity contribution in [3.63, 3.8) is 0 Å². The van der Waals surface area contributed by atoms with Crippen LogP contribution in [0, 0.1) is 6.92 Å². The zero-order chi connectivity index (χ0) is 20.6. The summed E-state index contributed by atoms with van der Waals surface area (Å²) in [5, 5.41) is 3.47. The van der Waals surface area contributed by atoms with E-state index in [1.807, 2.05) is 31.3 Å². The zero-order valence-corrected chi connectivity index (χ0v) is 15.8. The van der Waals surface area contributed by atoms with Gasteiger partial charge in [-0.15, -0.1) is 0 Å². The lowest BCUT2D eigenvalue weighted by Crippen LogP contribution is -2.19. The van der Waals surface area contributed by atoms with Crippen LogP contribution in [0.3, 0.4) is 0 Å². The molecular formula is C21H20F3N3O2. The van der Waals surface area contributed by atoms with Crippen molar-refractivity contribution in [3.8, 4) is 0 Å². The molecule has 1 N–H and O–H groups in total. The van der Waals surface area contributed by atoms with Gasteiger partial charge in [0.15, 0.2) is 0 Å². The van der Waals surface area contributed by atoms with Crippen LogP contribution < -0.4 is 5.32 Å². The number of hydrogen-bond donors (Lipinski definition) is 1. The summed E-state index contributed by atoms with van der Waals surface area (Å²) < 4.78 is 45.6. The van der Waals surface area contributed by atoms with Gasteiger partial charge in [0, 0.05) is 36.4 Å². The molecule has 3 aromatic rings. The summed E-state index contributed by atoms with van der Waals surface area (Å²) >= 11 is 0. The van der Waals surface area contributed by atoms with Crippen molar-refractivity contribution < 1.29 is 22.7 Å². The first kappa shape index (κ1) is 19.4. The van der Waals surface area contributed by atoms with Gasteiger partial charge in [-0.05, 0) is 44.0 Å². The first-order valence-corrected chi connectivity index (χ1v) is 9.36. The maximum absolute atomic E-state index is 12.9. The summed E-state index contributed by atoms with van der Waals surface area (Å²) in [5.74, 6) is -0.382. The van der Waals surface area contributed by atoms with Gasteiger partial charge < -0.3 is 14.6 Å². The van der Waals surface area contributed by atoms with Gasteiger partial charge in [0.05, 0.1) is 17.4 Å². The number of aromatic nitrogens is 2. The van der Waals surface area contributed by atoms with Crippen LogP contribution >= 0.6 is 0 Å². The lowest BCUT2D eigenvalue weighted by Gasteiger charge is -2.24. The fourth-order valence-electron chi connectivity index (χ4n) is 3.65. The highest BCUT2D eigenvalue weighted by molar-refractivity contribution is 6.13. The Morgan fingerprint density at radius 1 is 1.21 bits per heavy atom. The summed E-state index contributed by atoms with van der Waals surface area (Å²) in [6.07, 6.45) is 0.0524. The molecule has 0 spiro atoms. The number of halogens is 3. The van der Waals surface area contributed by atoms with Crippen molar-refractivity contribution in [2.75, 3.05) is 18.5 Å². The van der Waals surface area contributed by atoms with E-state index in [0.717, 1.165) is 41.6 Å². The average molecular weight is 403 g/mol. The van der Waals surface area contributed by atoms with Crippen molar-refractivity contribution in [2.24, 2.45) is 0 Å². The number of amides is 1. The lowest BCUT2D eigenvalue weighted by molar-refractivity contribution is -0.141. The van der Waals surface area contributed by atoms with E-state index in [0.29, 0.717) is 18.8 Å². The second-order valence-corrected chi connectivity index (χ2v) is 7.20. The number of ether oxygens (including phenoxy) is 1.